The summed E-state index contributed by atoms with van der Waals surface area (Å²) in [6.45, 7) is -0.692. The van der Waals surface area contributed by atoms with E-state index in [2.05, 4.69) is 4.98 Å². The minimum Gasteiger partial charge on any atom is -0.394 e. The van der Waals surface area contributed by atoms with Crippen LogP contribution in [-0.4, -0.2) is 44.2 Å². The molecule has 0 aliphatic carbocycles. The molecule has 0 unspecified atom stereocenters. The first-order chi connectivity index (χ1) is 7.07. The molecule has 0 saturated carbocycles. The third-order valence-electron chi connectivity index (χ3n) is 2.08. The summed E-state index contributed by atoms with van der Waals surface area (Å²) in [5.74, 6) is 0. The Kier molecular flexibility index (Phi) is 3.98. The van der Waals surface area contributed by atoms with Crippen LogP contribution < -0.4 is 5.43 Å². The Balaban J connectivity index is 2.90. The molecule has 84 valence electrons. The third kappa shape index (κ3) is 2.63. The number of nitrogens with one attached hydrogen (secondary N) is 1. The van der Waals surface area contributed by atoms with E-state index in [9.17, 15) is 15.0 Å². The van der Waals surface area contributed by atoms with Crippen LogP contribution in [0.3, 0.4) is 0 Å². The van der Waals surface area contributed by atoms with Crippen molar-refractivity contribution in [2.24, 2.45) is 0 Å². The van der Waals surface area contributed by atoms with Crippen molar-refractivity contribution in [3.8, 4) is 0 Å². The highest BCUT2D eigenvalue weighted by atomic mass is 16.4. The average molecular weight is 215 g/mol. The van der Waals surface area contributed by atoms with Crippen LogP contribution in [0.25, 0.3) is 0 Å². The molecular weight excluding hydrogens is 202 g/mol. The summed E-state index contributed by atoms with van der Waals surface area (Å²) in [4.78, 5) is 13.8. The van der Waals surface area contributed by atoms with Crippen LogP contribution >= 0.6 is 0 Å². The van der Waals surface area contributed by atoms with Crippen molar-refractivity contribution in [2.45, 2.75) is 18.3 Å². The summed E-state index contributed by atoms with van der Waals surface area (Å²) in [6, 6.07) is 1.19. The minimum absolute atomic E-state index is 0.0579. The Bertz CT molecular complexity index is 364. The minimum atomic E-state index is -1.60. The molecule has 6 heteroatoms. The van der Waals surface area contributed by atoms with E-state index in [1.165, 1.54) is 18.5 Å². The van der Waals surface area contributed by atoms with Gasteiger partial charge in [0.05, 0.1) is 6.61 Å². The van der Waals surface area contributed by atoms with Gasteiger partial charge in [-0.2, -0.15) is 0 Å². The van der Waals surface area contributed by atoms with Crippen LogP contribution in [0, 0.1) is 0 Å². The summed E-state index contributed by atoms with van der Waals surface area (Å²) in [5, 5.41) is 36.5. The highest BCUT2D eigenvalue weighted by molar-refractivity contribution is 5.14. The van der Waals surface area contributed by atoms with Crippen molar-refractivity contribution in [3.63, 3.8) is 0 Å². The largest absolute Gasteiger partial charge is 0.394 e. The fraction of sp³-hybridized carbons (Fsp3) is 0.444. The lowest BCUT2D eigenvalue weighted by Gasteiger charge is -2.20. The van der Waals surface area contributed by atoms with E-state index in [1.54, 1.807) is 0 Å². The van der Waals surface area contributed by atoms with E-state index in [0.717, 1.165) is 0 Å². The molecule has 0 aromatic carbocycles. The van der Waals surface area contributed by atoms with Gasteiger partial charge in [0, 0.05) is 24.0 Å². The lowest BCUT2D eigenvalue weighted by molar-refractivity contribution is -0.0780. The number of H-pyrrole nitrogens is 1. The normalized spacial score (nSPS) is 17.1. The maximum atomic E-state index is 11.2. The lowest BCUT2D eigenvalue weighted by Crippen LogP contribution is -2.36. The maximum Gasteiger partial charge on any atom is 0.187 e. The van der Waals surface area contributed by atoms with Gasteiger partial charge in [-0.25, -0.2) is 0 Å². The first-order valence-corrected chi connectivity index (χ1v) is 4.40. The van der Waals surface area contributed by atoms with Gasteiger partial charge in [-0.1, -0.05) is 0 Å². The van der Waals surface area contributed by atoms with Crippen molar-refractivity contribution >= 4 is 0 Å². The summed E-state index contributed by atoms with van der Waals surface area (Å²) in [7, 11) is 0. The van der Waals surface area contributed by atoms with E-state index >= 15 is 0 Å². The Hall–Kier alpha value is -1.21. The Morgan fingerprint density at radius 1 is 1.33 bits per heavy atom. The van der Waals surface area contributed by atoms with Crippen LogP contribution in [0.15, 0.2) is 23.3 Å². The molecule has 3 atom stereocenters. The molecule has 0 saturated heterocycles. The fourth-order valence-corrected chi connectivity index (χ4v) is 1.16. The van der Waals surface area contributed by atoms with Gasteiger partial charge < -0.3 is 25.4 Å². The third-order valence-corrected chi connectivity index (χ3v) is 2.08. The molecule has 1 aromatic rings. The number of pyridine rings is 1. The smallest absolute Gasteiger partial charge is 0.187 e. The van der Waals surface area contributed by atoms with Gasteiger partial charge in [0.15, 0.2) is 5.43 Å². The Morgan fingerprint density at radius 3 is 2.53 bits per heavy atom. The number of hydrogen-bond acceptors (Lipinski definition) is 5. The molecule has 1 heterocycles. The molecule has 0 aliphatic rings. The molecule has 0 spiro atoms. The molecule has 0 bridgehead atoms. The van der Waals surface area contributed by atoms with E-state index in [0.29, 0.717) is 0 Å². The topological polar surface area (TPSA) is 114 Å². The Morgan fingerprint density at radius 2 is 2.00 bits per heavy atom. The number of hydrogen-bond donors (Lipinski definition) is 5. The highest BCUT2D eigenvalue weighted by Gasteiger charge is 2.26. The first-order valence-electron chi connectivity index (χ1n) is 4.40. The van der Waals surface area contributed by atoms with Crippen LogP contribution in [0.4, 0.5) is 0 Å². The zero-order valence-electron chi connectivity index (χ0n) is 7.87. The monoisotopic (exact) mass is 215 g/mol. The van der Waals surface area contributed by atoms with Gasteiger partial charge in [0.2, 0.25) is 0 Å². The van der Waals surface area contributed by atoms with Crippen LogP contribution in [-0.2, 0) is 0 Å². The van der Waals surface area contributed by atoms with Gasteiger partial charge in [0.25, 0.3) is 0 Å². The SMILES string of the molecule is O=c1cc[nH]cc1[C@@H](O)[C@H](O)[C@H](O)CO. The molecule has 0 aliphatic heterocycles. The average Bonchev–Trinajstić information content (AvgIpc) is 2.26. The standard InChI is InChI=1S/C9H13NO5/c11-4-7(13)9(15)8(14)5-3-10-2-1-6(5)12/h1-3,7-9,11,13-15H,4H2,(H,10,12)/t7-,8-,9-/m1/s1. The molecule has 1 rings (SSSR count). The van der Waals surface area contributed by atoms with Gasteiger partial charge in [-0.3, -0.25) is 4.79 Å². The Labute approximate surface area is 85.4 Å². The molecule has 0 fully saturated rings. The first kappa shape index (κ1) is 11.9. The van der Waals surface area contributed by atoms with E-state index in [-0.39, 0.29) is 5.56 Å². The maximum absolute atomic E-state index is 11.2. The zero-order valence-corrected chi connectivity index (χ0v) is 7.87. The van der Waals surface area contributed by atoms with Gasteiger partial charge >= 0.3 is 0 Å². The van der Waals surface area contributed by atoms with E-state index < -0.39 is 30.3 Å². The number of aliphatic hydroxyl groups is 4. The van der Waals surface area contributed by atoms with Crippen molar-refractivity contribution in [3.05, 3.63) is 34.2 Å². The lowest BCUT2D eigenvalue weighted by atomic mass is 10.0. The number of aromatic amines is 1. The molecule has 0 radical (unpaired) electrons. The molecule has 5 N–H and O–H groups in total. The number of rotatable bonds is 4. The quantitative estimate of drug-likeness (QED) is 0.403. The molecule has 15 heavy (non-hydrogen) atoms. The van der Waals surface area contributed by atoms with E-state index in [1.807, 2.05) is 0 Å². The fourth-order valence-electron chi connectivity index (χ4n) is 1.16. The summed E-state index contributed by atoms with van der Waals surface area (Å²) in [5.41, 5.74) is -0.511. The summed E-state index contributed by atoms with van der Waals surface area (Å²) < 4.78 is 0. The zero-order chi connectivity index (χ0) is 11.4. The van der Waals surface area contributed by atoms with Crippen molar-refractivity contribution < 1.29 is 20.4 Å². The second-order valence-corrected chi connectivity index (χ2v) is 3.15. The second kappa shape index (κ2) is 5.04. The van der Waals surface area contributed by atoms with Crippen molar-refractivity contribution in [1.29, 1.82) is 0 Å². The van der Waals surface area contributed by atoms with Crippen molar-refractivity contribution in [1.82, 2.24) is 4.98 Å². The van der Waals surface area contributed by atoms with Crippen LogP contribution in [0.5, 0.6) is 0 Å². The van der Waals surface area contributed by atoms with Crippen LogP contribution in [0.2, 0.25) is 0 Å². The highest BCUT2D eigenvalue weighted by Crippen LogP contribution is 2.14. The molecule has 0 amide bonds. The molecule has 1 aromatic heterocycles. The number of aromatic nitrogens is 1. The second-order valence-electron chi connectivity index (χ2n) is 3.15. The van der Waals surface area contributed by atoms with Gasteiger partial charge in [0.1, 0.15) is 18.3 Å². The van der Waals surface area contributed by atoms with Gasteiger partial charge in [-0.05, 0) is 0 Å². The van der Waals surface area contributed by atoms with Crippen LogP contribution in [0.1, 0.15) is 11.7 Å². The summed E-state index contributed by atoms with van der Waals surface area (Å²) in [6.07, 6.45) is -2.00. The number of aliphatic hydroxyl groups excluding tert-OH is 4. The predicted octanol–water partition coefficient (Wildman–Crippen LogP) is -1.88. The summed E-state index contributed by atoms with van der Waals surface area (Å²) >= 11 is 0. The van der Waals surface area contributed by atoms with Gasteiger partial charge in [-0.15, -0.1) is 0 Å². The molecule has 6 nitrogen and oxygen atoms in total. The van der Waals surface area contributed by atoms with Crippen molar-refractivity contribution in [2.75, 3.05) is 6.61 Å². The van der Waals surface area contributed by atoms with E-state index in [4.69, 9.17) is 10.2 Å². The molecular formula is C9H13NO5. The predicted molar refractivity (Wildman–Crippen MR) is 51.1 cm³/mol.